The van der Waals surface area contributed by atoms with Gasteiger partial charge in [-0.15, -0.1) is 0 Å². The maximum absolute atomic E-state index is 5.88. The van der Waals surface area contributed by atoms with Gasteiger partial charge in [-0.2, -0.15) is 4.98 Å². The van der Waals surface area contributed by atoms with Gasteiger partial charge in [0.25, 0.3) is 0 Å². The lowest BCUT2D eigenvalue weighted by atomic mass is 10.0. The average molecular weight is 302 g/mol. The number of imidazole rings is 1. The summed E-state index contributed by atoms with van der Waals surface area (Å²) in [7, 11) is 1.99. The molecule has 2 N–H and O–H groups in total. The van der Waals surface area contributed by atoms with E-state index in [-0.39, 0.29) is 0 Å². The first-order chi connectivity index (χ1) is 10.7. The molecule has 7 nitrogen and oxygen atoms in total. The molecule has 0 aliphatic carbocycles. The molecule has 0 spiro atoms. The van der Waals surface area contributed by atoms with E-state index in [1.165, 1.54) is 0 Å². The highest BCUT2D eigenvalue weighted by Crippen LogP contribution is 2.26. The second kappa shape index (κ2) is 6.31. The summed E-state index contributed by atoms with van der Waals surface area (Å²) in [4.78, 5) is 15.2. The molecule has 3 rings (SSSR count). The monoisotopic (exact) mass is 302 g/mol. The maximum Gasteiger partial charge on any atom is 0.222 e. The lowest BCUT2D eigenvalue weighted by Crippen LogP contribution is -2.22. The highest BCUT2D eigenvalue weighted by molar-refractivity contribution is 5.43. The molecule has 2 aromatic heterocycles. The van der Waals surface area contributed by atoms with Crippen molar-refractivity contribution in [2.75, 3.05) is 30.9 Å². The molecule has 1 fully saturated rings. The van der Waals surface area contributed by atoms with Crippen LogP contribution in [-0.2, 0) is 17.8 Å². The topological polar surface area (TPSA) is 82.1 Å². The third-order valence-electron chi connectivity index (χ3n) is 4.01. The fraction of sp³-hybridized carbons (Fsp3) is 0.533. The third-order valence-corrected chi connectivity index (χ3v) is 4.01. The van der Waals surface area contributed by atoms with E-state index in [4.69, 9.17) is 10.5 Å². The van der Waals surface area contributed by atoms with Gasteiger partial charge in [-0.3, -0.25) is 0 Å². The summed E-state index contributed by atoms with van der Waals surface area (Å²) in [6, 6.07) is 2.01. The van der Waals surface area contributed by atoms with Gasteiger partial charge >= 0.3 is 0 Å². The van der Waals surface area contributed by atoms with E-state index in [1.54, 1.807) is 0 Å². The van der Waals surface area contributed by atoms with Crippen molar-refractivity contribution in [3.8, 4) is 0 Å². The van der Waals surface area contributed by atoms with E-state index < -0.39 is 0 Å². The van der Waals surface area contributed by atoms with Crippen molar-refractivity contribution >= 4 is 11.8 Å². The lowest BCUT2D eigenvalue weighted by Gasteiger charge is -2.20. The Balaban J connectivity index is 1.81. The molecule has 3 heterocycles. The molecule has 0 bridgehead atoms. The molecule has 1 saturated heterocycles. The summed E-state index contributed by atoms with van der Waals surface area (Å²) >= 11 is 0. The normalized spacial score (nSPS) is 17.8. The quantitative estimate of drug-likeness (QED) is 0.899. The second-order valence-corrected chi connectivity index (χ2v) is 5.56. The zero-order valence-corrected chi connectivity index (χ0v) is 13.1. The molecule has 0 unspecified atom stereocenters. The molecule has 22 heavy (non-hydrogen) atoms. The SMILES string of the molecule is CCn1ccnc1CN(C)c1cc([C@H]2CCOC2)nc(N)n1. The standard InChI is InChI=1S/C15H22N6O/c1-3-21-6-5-17-14(21)9-20(2)13-8-12(18-15(16)19-13)11-4-7-22-10-11/h5-6,8,11H,3-4,7,9-10H2,1-2H3,(H2,16,18,19)/t11-/m0/s1. The third kappa shape index (κ3) is 3.04. The van der Waals surface area contributed by atoms with Crippen LogP contribution in [0.15, 0.2) is 18.5 Å². The van der Waals surface area contributed by atoms with Gasteiger partial charge in [-0.05, 0) is 13.3 Å². The number of nitrogens with zero attached hydrogens (tertiary/aromatic N) is 5. The van der Waals surface area contributed by atoms with E-state index in [0.29, 0.717) is 25.0 Å². The van der Waals surface area contributed by atoms with E-state index >= 15 is 0 Å². The summed E-state index contributed by atoms with van der Waals surface area (Å²) in [6.07, 6.45) is 4.79. The zero-order chi connectivity index (χ0) is 15.5. The first kappa shape index (κ1) is 14.8. The van der Waals surface area contributed by atoms with Crippen LogP contribution < -0.4 is 10.6 Å². The van der Waals surface area contributed by atoms with Crippen LogP contribution in [0.3, 0.4) is 0 Å². The number of nitrogens with two attached hydrogens (primary N) is 1. The van der Waals surface area contributed by atoms with Crippen LogP contribution in [-0.4, -0.2) is 39.8 Å². The van der Waals surface area contributed by atoms with Crippen molar-refractivity contribution in [3.05, 3.63) is 30.0 Å². The molecule has 7 heteroatoms. The first-order valence-electron chi connectivity index (χ1n) is 7.60. The molecule has 2 aromatic rings. The molecule has 0 amide bonds. The fourth-order valence-electron chi connectivity index (χ4n) is 2.72. The Labute approximate surface area is 130 Å². The molecule has 1 aliphatic heterocycles. The van der Waals surface area contributed by atoms with Gasteiger partial charge in [-0.1, -0.05) is 0 Å². The maximum atomic E-state index is 5.88. The summed E-state index contributed by atoms with van der Waals surface area (Å²) < 4.78 is 7.56. The number of hydrogen-bond acceptors (Lipinski definition) is 6. The number of nitrogen functional groups attached to an aromatic ring is 1. The Morgan fingerprint density at radius 2 is 2.32 bits per heavy atom. The van der Waals surface area contributed by atoms with Crippen LogP contribution in [0, 0.1) is 0 Å². The van der Waals surface area contributed by atoms with E-state index in [1.807, 2.05) is 30.4 Å². The van der Waals surface area contributed by atoms with Gasteiger partial charge in [0.1, 0.15) is 11.6 Å². The van der Waals surface area contributed by atoms with Crippen LogP contribution in [0.2, 0.25) is 0 Å². The number of aryl methyl sites for hydroxylation is 1. The van der Waals surface area contributed by atoms with E-state index in [2.05, 4.69) is 26.4 Å². The first-order valence-corrected chi connectivity index (χ1v) is 7.60. The number of aromatic nitrogens is 4. The predicted octanol–water partition coefficient (Wildman–Crippen LogP) is 1.42. The molecular weight excluding hydrogens is 280 g/mol. The highest BCUT2D eigenvalue weighted by atomic mass is 16.5. The van der Waals surface area contributed by atoms with Gasteiger partial charge in [0, 0.05) is 44.6 Å². The van der Waals surface area contributed by atoms with Gasteiger partial charge in [0.05, 0.1) is 18.8 Å². The van der Waals surface area contributed by atoms with Crippen molar-refractivity contribution in [2.45, 2.75) is 32.4 Å². The molecule has 118 valence electrons. The highest BCUT2D eigenvalue weighted by Gasteiger charge is 2.21. The largest absolute Gasteiger partial charge is 0.381 e. The summed E-state index contributed by atoms with van der Waals surface area (Å²) in [5.41, 5.74) is 6.85. The summed E-state index contributed by atoms with van der Waals surface area (Å²) in [5.74, 6) is 2.45. The average Bonchev–Trinajstić information content (AvgIpc) is 3.17. The van der Waals surface area contributed by atoms with Gasteiger partial charge in [0.15, 0.2) is 0 Å². The van der Waals surface area contributed by atoms with E-state index in [0.717, 1.165) is 36.9 Å². The molecular formula is C15H22N6O. The van der Waals surface area contributed by atoms with Gasteiger partial charge < -0.3 is 19.9 Å². The molecule has 0 saturated carbocycles. The second-order valence-electron chi connectivity index (χ2n) is 5.56. The Morgan fingerprint density at radius 1 is 1.45 bits per heavy atom. The van der Waals surface area contributed by atoms with E-state index in [9.17, 15) is 0 Å². The zero-order valence-electron chi connectivity index (χ0n) is 13.1. The van der Waals surface area contributed by atoms with Crippen LogP contribution in [0.5, 0.6) is 0 Å². The number of anilines is 2. The fourth-order valence-corrected chi connectivity index (χ4v) is 2.72. The smallest absolute Gasteiger partial charge is 0.222 e. The Bertz CT molecular complexity index is 635. The number of ether oxygens (including phenoxy) is 1. The van der Waals surface area contributed by atoms with Crippen molar-refractivity contribution in [1.29, 1.82) is 0 Å². The van der Waals surface area contributed by atoms with Crippen LogP contribution in [0.25, 0.3) is 0 Å². The summed E-state index contributed by atoms with van der Waals surface area (Å²) in [5, 5.41) is 0. The van der Waals surface area contributed by atoms with Crippen LogP contribution >= 0.6 is 0 Å². The molecule has 1 atom stereocenters. The van der Waals surface area contributed by atoms with Crippen LogP contribution in [0.4, 0.5) is 11.8 Å². The van der Waals surface area contributed by atoms with Crippen molar-refractivity contribution in [1.82, 2.24) is 19.5 Å². The minimum absolute atomic E-state index is 0.310. The number of hydrogen-bond donors (Lipinski definition) is 1. The summed E-state index contributed by atoms with van der Waals surface area (Å²) in [6.45, 7) is 5.18. The lowest BCUT2D eigenvalue weighted by molar-refractivity contribution is 0.193. The predicted molar refractivity (Wildman–Crippen MR) is 84.6 cm³/mol. The molecule has 1 aliphatic rings. The number of rotatable bonds is 5. The van der Waals surface area contributed by atoms with Gasteiger partial charge in [0.2, 0.25) is 5.95 Å². The minimum atomic E-state index is 0.310. The Kier molecular flexibility index (Phi) is 4.24. The minimum Gasteiger partial charge on any atom is -0.381 e. The van der Waals surface area contributed by atoms with Crippen molar-refractivity contribution in [3.63, 3.8) is 0 Å². The van der Waals surface area contributed by atoms with Gasteiger partial charge in [-0.25, -0.2) is 9.97 Å². The van der Waals surface area contributed by atoms with Crippen molar-refractivity contribution in [2.24, 2.45) is 0 Å². The Hall–Kier alpha value is -2.15. The molecule has 0 aromatic carbocycles. The Morgan fingerprint density at radius 3 is 3.05 bits per heavy atom. The molecule has 0 radical (unpaired) electrons. The van der Waals surface area contributed by atoms with Crippen LogP contribution in [0.1, 0.15) is 30.8 Å². The van der Waals surface area contributed by atoms with Crippen molar-refractivity contribution < 1.29 is 4.74 Å².